The molecular weight excluding hydrogens is 459 g/mol. The second-order valence-electron chi connectivity index (χ2n) is 6.79. The van der Waals surface area contributed by atoms with E-state index >= 15 is 0 Å². The number of urea groups is 1. The largest absolute Gasteiger partial charge is 0.469 e. The minimum atomic E-state index is -3.75. The molecule has 0 aliphatic carbocycles. The summed E-state index contributed by atoms with van der Waals surface area (Å²) in [6, 6.07) is 2.57. The van der Waals surface area contributed by atoms with Crippen molar-refractivity contribution in [2.45, 2.75) is 17.4 Å². The summed E-state index contributed by atoms with van der Waals surface area (Å²) in [4.78, 5) is 38.7. The van der Waals surface area contributed by atoms with Crippen LogP contribution in [-0.4, -0.2) is 86.4 Å². The third-order valence-electron chi connectivity index (χ3n) is 4.91. The first kappa shape index (κ1) is 22.8. The minimum Gasteiger partial charge on any atom is -0.469 e. The lowest BCUT2D eigenvalue weighted by Crippen LogP contribution is -2.52. The highest BCUT2D eigenvalue weighted by Crippen LogP contribution is 2.27. The van der Waals surface area contributed by atoms with Gasteiger partial charge in [-0.3, -0.25) is 14.5 Å². The van der Waals surface area contributed by atoms with Crippen molar-refractivity contribution in [1.82, 2.24) is 19.4 Å². The SMILES string of the molecule is COC(=O)C[C@@H]1NC(=O)N(CN2CCN(S(=O)(=O)c3ccc(Cl)c(Cl)c3)CC2)C1=O. The maximum absolute atomic E-state index is 12.8. The van der Waals surface area contributed by atoms with Gasteiger partial charge in [0.05, 0.1) is 35.1 Å². The number of piperazine rings is 1. The number of methoxy groups -OCH3 is 1. The van der Waals surface area contributed by atoms with Gasteiger partial charge in [0.25, 0.3) is 5.91 Å². The first-order chi connectivity index (χ1) is 14.1. The van der Waals surface area contributed by atoms with E-state index in [0.717, 1.165) is 4.90 Å². The van der Waals surface area contributed by atoms with E-state index in [1.165, 1.54) is 29.6 Å². The van der Waals surface area contributed by atoms with Crippen molar-refractivity contribution in [2.75, 3.05) is 40.0 Å². The standard InChI is InChI=1S/C17H20Cl2N4O6S/c1-29-15(24)9-14-16(25)23(17(26)20-14)10-21-4-6-22(7-5-21)30(27,28)11-2-3-12(18)13(19)8-11/h2-3,8,14H,4-7,9-10H2,1H3,(H,20,26)/t14-/m0/s1. The Morgan fingerprint density at radius 1 is 1.17 bits per heavy atom. The number of amides is 3. The van der Waals surface area contributed by atoms with Gasteiger partial charge in [-0.05, 0) is 18.2 Å². The number of carbonyl (C=O) groups is 3. The number of carbonyl (C=O) groups excluding carboxylic acids is 3. The topological polar surface area (TPSA) is 116 Å². The predicted octanol–water partition coefficient (Wildman–Crippen LogP) is 0.741. The van der Waals surface area contributed by atoms with Gasteiger partial charge in [-0.1, -0.05) is 23.2 Å². The van der Waals surface area contributed by atoms with Crippen LogP contribution in [0.25, 0.3) is 0 Å². The fourth-order valence-electron chi connectivity index (χ4n) is 3.20. The molecule has 2 saturated heterocycles. The van der Waals surface area contributed by atoms with Crippen LogP contribution in [0, 0.1) is 0 Å². The second kappa shape index (κ2) is 9.06. The van der Waals surface area contributed by atoms with Gasteiger partial charge >= 0.3 is 12.0 Å². The Bertz CT molecular complexity index is 965. The van der Waals surface area contributed by atoms with E-state index in [1.54, 1.807) is 4.90 Å². The molecule has 2 aliphatic heterocycles. The lowest BCUT2D eigenvalue weighted by atomic mass is 10.2. The normalized spacial score (nSPS) is 21.0. The summed E-state index contributed by atoms with van der Waals surface area (Å²) in [7, 11) is -2.55. The highest BCUT2D eigenvalue weighted by molar-refractivity contribution is 7.89. The van der Waals surface area contributed by atoms with Crippen molar-refractivity contribution >= 4 is 51.1 Å². The summed E-state index contributed by atoms with van der Waals surface area (Å²) in [5, 5.41) is 2.87. The molecule has 30 heavy (non-hydrogen) atoms. The molecule has 0 aromatic heterocycles. The Kier molecular flexibility index (Phi) is 6.88. The fourth-order valence-corrected chi connectivity index (χ4v) is 5.01. The van der Waals surface area contributed by atoms with E-state index in [2.05, 4.69) is 10.1 Å². The van der Waals surface area contributed by atoms with Gasteiger partial charge in [0, 0.05) is 26.2 Å². The number of sulfonamides is 1. The third-order valence-corrected chi connectivity index (χ3v) is 7.54. The Hall–Kier alpha value is -1.92. The molecule has 2 fully saturated rings. The number of imide groups is 1. The van der Waals surface area contributed by atoms with Crippen molar-refractivity contribution in [1.29, 1.82) is 0 Å². The Morgan fingerprint density at radius 2 is 1.83 bits per heavy atom. The van der Waals surface area contributed by atoms with Crippen molar-refractivity contribution in [2.24, 2.45) is 0 Å². The van der Waals surface area contributed by atoms with Crippen LogP contribution < -0.4 is 5.32 Å². The number of nitrogens with zero attached hydrogens (tertiary/aromatic N) is 3. The zero-order chi connectivity index (χ0) is 22.1. The number of ether oxygens (including phenoxy) is 1. The van der Waals surface area contributed by atoms with Gasteiger partial charge in [-0.2, -0.15) is 4.31 Å². The van der Waals surface area contributed by atoms with E-state index in [4.69, 9.17) is 23.2 Å². The number of hydrogen-bond acceptors (Lipinski definition) is 7. The van der Waals surface area contributed by atoms with Crippen LogP contribution in [0.5, 0.6) is 0 Å². The molecule has 1 N–H and O–H groups in total. The smallest absolute Gasteiger partial charge is 0.325 e. The Morgan fingerprint density at radius 3 is 2.43 bits per heavy atom. The van der Waals surface area contributed by atoms with Crippen LogP contribution in [0.3, 0.4) is 0 Å². The van der Waals surface area contributed by atoms with E-state index < -0.39 is 34.0 Å². The maximum Gasteiger partial charge on any atom is 0.325 e. The number of halogens is 2. The van der Waals surface area contributed by atoms with Crippen molar-refractivity contribution in [3.63, 3.8) is 0 Å². The zero-order valence-corrected chi connectivity index (χ0v) is 18.3. The first-order valence-corrected chi connectivity index (χ1v) is 11.2. The molecule has 0 unspecified atom stereocenters. The van der Waals surface area contributed by atoms with Gasteiger partial charge in [-0.15, -0.1) is 0 Å². The van der Waals surface area contributed by atoms with E-state index in [1.807, 2.05) is 0 Å². The van der Waals surface area contributed by atoms with Crippen LogP contribution in [0.1, 0.15) is 6.42 Å². The molecule has 0 radical (unpaired) electrons. The summed E-state index contributed by atoms with van der Waals surface area (Å²) in [5.74, 6) is -1.12. The lowest BCUT2D eigenvalue weighted by Gasteiger charge is -2.35. The maximum atomic E-state index is 12.8. The molecule has 1 atom stereocenters. The fraction of sp³-hybridized carbons (Fsp3) is 0.471. The quantitative estimate of drug-likeness (QED) is 0.473. The van der Waals surface area contributed by atoms with Crippen LogP contribution in [0.15, 0.2) is 23.1 Å². The Labute approximate surface area is 183 Å². The van der Waals surface area contributed by atoms with Gasteiger partial charge in [0.15, 0.2) is 0 Å². The zero-order valence-electron chi connectivity index (χ0n) is 16.0. The summed E-state index contributed by atoms with van der Waals surface area (Å²) in [6.45, 7) is 0.997. The van der Waals surface area contributed by atoms with Gasteiger partial charge in [-0.25, -0.2) is 18.1 Å². The molecule has 3 rings (SSSR count). The van der Waals surface area contributed by atoms with E-state index in [-0.39, 0.29) is 41.1 Å². The average Bonchev–Trinajstić information content (AvgIpc) is 2.97. The summed E-state index contributed by atoms with van der Waals surface area (Å²) in [5.41, 5.74) is 0. The molecule has 13 heteroatoms. The third kappa shape index (κ3) is 4.70. The predicted molar refractivity (Wildman–Crippen MR) is 107 cm³/mol. The van der Waals surface area contributed by atoms with Crippen LogP contribution in [0.2, 0.25) is 10.0 Å². The van der Waals surface area contributed by atoms with Crippen molar-refractivity contribution in [3.05, 3.63) is 28.2 Å². The molecule has 1 aromatic rings. The highest BCUT2D eigenvalue weighted by atomic mass is 35.5. The second-order valence-corrected chi connectivity index (χ2v) is 9.54. The van der Waals surface area contributed by atoms with Gasteiger partial charge in [0.2, 0.25) is 10.0 Å². The summed E-state index contributed by atoms with van der Waals surface area (Å²) >= 11 is 11.8. The molecule has 10 nitrogen and oxygen atoms in total. The number of rotatable bonds is 6. The molecular formula is C17H20Cl2N4O6S. The van der Waals surface area contributed by atoms with Gasteiger partial charge in [0.1, 0.15) is 6.04 Å². The molecule has 2 heterocycles. The number of nitrogens with one attached hydrogen (secondary N) is 1. The first-order valence-electron chi connectivity index (χ1n) is 8.99. The van der Waals surface area contributed by atoms with Crippen LogP contribution >= 0.6 is 23.2 Å². The van der Waals surface area contributed by atoms with Crippen LogP contribution in [0.4, 0.5) is 4.79 Å². The Balaban J connectivity index is 1.59. The minimum absolute atomic E-state index is 0.00298. The van der Waals surface area contributed by atoms with Crippen molar-refractivity contribution < 1.29 is 27.5 Å². The molecule has 0 spiro atoms. The highest BCUT2D eigenvalue weighted by Gasteiger charge is 2.40. The summed E-state index contributed by atoms with van der Waals surface area (Å²) < 4.78 is 31.5. The monoisotopic (exact) mass is 478 g/mol. The summed E-state index contributed by atoms with van der Waals surface area (Å²) in [6.07, 6.45) is -0.243. The number of benzene rings is 1. The van der Waals surface area contributed by atoms with E-state index in [0.29, 0.717) is 13.1 Å². The lowest BCUT2D eigenvalue weighted by molar-refractivity contribution is -0.143. The molecule has 0 bridgehead atoms. The van der Waals surface area contributed by atoms with E-state index in [9.17, 15) is 22.8 Å². The van der Waals surface area contributed by atoms with Crippen molar-refractivity contribution in [3.8, 4) is 0 Å². The molecule has 0 saturated carbocycles. The molecule has 2 aliphatic rings. The van der Waals surface area contributed by atoms with Crippen LogP contribution in [-0.2, 0) is 24.3 Å². The molecule has 3 amide bonds. The van der Waals surface area contributed by atoms with Gasteiger partial charge < -0.3 is 10.1 Å². The number of esters is 1. The average molecular weight is 479 g/mol. The molecule has 1 aromatic carbocycles. The molecule has 164 valence electrons. The number of hydrogen-bond donors (Lipinski definition) is 1.